The Labute approximate surface area is 106 Å². The highest BCUT2D eigenvalue weighted by Gasteiger charge is 2.02. The SMILES string of the molecule is CCOC(=O)CNC(=S)Nc1ccc(C)cc1. The van der Waals surface area contributed by atoms with Crippen molar-refractivity contribution in [2.45, 2.75) is 13.8 Å². The molecule has 1 rings (SSSR count). The average Bonchev–Trinajstić information content (AvgIpc) is 2.30. The highest BCUT2D eigenvalue weighted by atomic mass is 32.1. The van der Waals surface area contributed by atoms with Crippen molar-refractivity contribution in [2.75, 3.05) is 18.5 Å². The second-order valence-electron chi connectivity index (χ2n) is 3.48. The first-order valence-corrected chi connectivity index (χ1v) is 5.79. The summed E-state index contributed by atoms with van der Waals surface area (Å²) in [5.41, 5.74) is 2.07. The predicted molar refractivity (Wildman–Crippen MR) is 72.0 cm³/mol. The number of nitrogens with one attached hydrogen (secondary N) is 2. The van der Waals surface area contributed by atoms with Crippen molar-refractivity contribution in [2.24, 2.45) is 0 Å². The third kappa shape index (κ3) is 5.31. The highest BCUT2D eigenvalue weighted by Crippen LogP contribution is 2.07. The van der Waals surface area contributed by atoms with E-state index < -0.39 is 0 Å². The van der Waals surface area contributed by atoms with Crippen LogP contribution in [0.15, 0.2) is 24.3 Å². The molecule has 1 aromatic carbocycles. The van der Waals surface area contributed by atoms with E-state index in [0.29, 0.717) is 11.7 Å². The maximum Gasteiger partial charge on any atom is 0.325 e. The zero-order valence-corrected chi connectivity index (χ0v) is 10.8. The van der Waals surface area contributed by atoms with Gasteiger partial charge in [0.25, 0.3) is 0 Å². The molecule has 0 heterocycles. The number of hydrogen-bond acceptors (Lipinski definition) is 3. The Kier molecular flexibility index (Phi) is 5.42. The van der Waals surface area contributed by atoms with Crippen LogP contribution in [0.1, 0.15) is 12.5 Å². The van der Waals surface area contributed by atoms with Crippen LogP contribution in [0.5, 0.6) is 0 Å². The number of esters is 1. The molecule has 0 aliphatic carbocycles. The average molecular weight is 252 g/mol. The van der Waals surface area contributed by atoms with Crippen molar-refractivity contribution in [1.82, 2.24) is 5.32 Å². The van der Waals surface area contributed by atoms with Crippen LogP contribution in [0.3, 0.4) is 0 Å². The van der Waals surface area contributed by atoms with E-state index in [2.05, 4.69) is 10.6 Å². The Balaban J connectivity index is 2.34. The molecule has 0 unspecified atom stereocenters. The molecular weight excluding hydrogens is 236 g/mol. The monoisotopic (exact) mass is 252 g/mol. The van der Waals surface area contributed by atoms with Gasteiger partial charge in [-0.05, 0) is 38.2 Å². The molecule has 0 spiro atoms. The number of benzene rings is 1. The zero-order valence-electron chi connectivity index (χ0n) is 9.95. The highest BCUT2D eigenvalue weighted by molar-refractivity contribution is 7.80. The Hall–Kier alpha value is -1.62. The molecule has 0 saturated heterocycles. The Bertz CT molecular complexity index is 390. The van der Waals surface area contributed by atoms with Crippen molar-refractivity contribution in [1.29, 1.82) is 0 Å². The molecular formula is C12H16N2O2S. The summed E-state index contributed by atoms with van der Waals surface area (Å²) >= 11 is 5.04. The number of carbonyl (C=O) groups is 1. The standard InChI is InChI=1S/C12H16N2O2S/c1-3-16-11(15)8-13-12(17)14-10-6-4-9(2)5-7-10/h4-7H,3,8H2,1-2H3,(H2,13,14,17). The molecule has 0 amide bonds. The molecule has 0 saturated carbocycles. The molecule has 0 atom stereocenters. The quantitative estimate of drug-likeness (QED) is 0.632. The number of rotatable bonds is 4. The third-order valence-electron chi connectivity index (χ3n) is 2.01. The van der Waals surface area contributed by atoms with Gasteiger partial charge in [0, 0.05) is 5.69 Å². The first kappa shape index (κ1) is 13.4. The minimum atomic E-state index is -0.319. The largest absolute Gasteiger partial charge is 0.465 e. The van der Waals surface area contributed by atoms with E-state index in [-0.39, 0.29) is 12.5 Å². The number of aryl methyl sites for hydroxylation is 1. The first-order valence-electron chi connectivity index (χ1n) is 5.39. The molecule has 0 aromatic heterocycles. The van der Waals surface area contributed by atoms with Gasteiger partial charge >= 0.3 is 5.97 Å². The summed E-state index contributed by atoms with van der Waals surface area (Å²) in [5, 5.41) is 6.16. The van der Waals surface area contributed by atoms with Crippen molar-refractivity contribution in [3.05, 3.63) is 29.8 Å². The van der Waals surface area contributed by atoms with Gasteiger partial charge in [-0.1, -0.05) is 17.7 Å². The predicted octanol–water partition coefficient (Wildman–Crippen LogP) is 1.84. The van der Waals surface area contributed by atoms with Crippen LogP contribution < -0.4 is 10.6 Å². The summed E-state index contributed by atoms with van der Waals surface area (Å²) in [4.78, 5) is 11.1. The number of hydrogen-bond donors (Lipinski definition) is 2. The molecule has 1 aromatic rings. The maximum atomic E-state index is 11.1. The number of ether oxygens (including phenoxy) is 1. The van der Waals surface area contributed by atoms with Crippen molar-refractivity contribution < 1.29 is 9.53 Å². The third-order valence-corrected chi connectivity index (χ3v) is 2.25. The van der Waals surface area contributed by atoms with Gasteiger partial charge in [-0.2, -0.15) is 0 Å². The smallest absolute Gasteiger partial charge is 0.325 e. The Morgan fingerprint density at radius 3 is 2.59 bits per heavy atom. The Morgan fingerprint density at radius 1 is 1.35 bits per heavy atom. The maximum absolute atomic E-state index is 11.1. The zero-order chi connectivity index (χ0) is 12.7. The second kappa shape index (κ2) is 6.85. The Morgan fingerprint density at radius 2 is 2.00 bits per heavy atom. The van der Waals surface area contributed by atoms with Crippen molar-refractivity contribution in [3.8, 4) is 0 Å². The molecule has 0 aliphatic rings. The van der Waals surface area contributed by atoms with Crippen LogP contribution in [-0.4, -0.2) is 24.2 Å². The van der Waals surface area contributed by atoms with E-state index in [1.54, 1.807) is 6.92 Å². The number of anilines is 1. The van der Waals surface area contributed by atoms with Gasteiger partial charge in [-0.3, -0.25) is 4.79 Å². The molecule has 2 N–H and O–H groups in total. The molecule has 92 valence electrons. The lowest BCUT2D eigenvalue weighted by Crippen LogP contribution is -2.33. The minimum absolute atomic E-state index is 0.0749. The van der Waals surface area contributed by atoms with E-state index in [0.717, 1.165) is 5.69 Å². The van der Waals surface area contributed by atoms with Crippen LogP contribution in [0.4, 0.5) is 5.69 Å². The molecule has 0 aliphatic heterocycles. The number of carbonyl (C=O) groups excluding carboxylic acids is 1. The molecule has 0 bridgehead atoms. The van der Waals surface area contributed by atoms with Crippen LogP contribution >= 0.6 is 12.2 Å². The van der Waals surface area contributed by atoms with Gasteiger partial charge in [-0.25, -0.2) is 0 Å². The van der Waals surface area contributed by atoms with Crippen LogP contribution in [0.2, 0.25) is 0 Å². The summed E-state index contributed by atoms with van der Waals surface area (Å²) in [5.74, 6) is -0.319. The summed E-state index contributed by atoms with van der Waals surface area (Å²) < 4.78 is 4.77. The normalized spacial score (nSPS) is 9.53. The minimum Gasteiger partial charge on any atom is -0.465 e. The fraction of sp³-hybridized carbons (Fsp3) is 0.333. The van der Waals surface area contributed by atoms with E-state index in [1.807, 2.05) is 31.2 Å². The summed E-state index contributed by atoms with van der Waals surface area (Å²) in [6.45, 7) is 4.23. The van der Waals surface area contributed by atoms with E-state index in [9.17, 15) is 4.79 Å². The van der Waals surface area contributed by atoms with Gasteiger partial charge in [0.15, 0.2) is 5.11 Å². The van der Waals surface area contributed by atoms with Gasteiger partial charge in [0.1, 0.15) is 6.54 Å². The van der Waals surface area contributed by atoms with Crippen molar-refractivity contribution in [3.63, 3.8) is 0 Å². The van der Waals surface area contributed by atoms with Crippen LogP contribution in [0, 0.1) is 6.92 Å². The fourth-order valence-corrected chi connectivity index (χ4v) is 1.37. The van der Waals surface area contributed by atoms with Gasteiger partial charge < -0.3 is 15.4 Å². The van der Waals surface area contributed by atoms with Crippen molar-refractivity contribution >= 4 is 29.0 Å². The van der Waals surface area contributed by atoms with E-state index in [1.165, 1.54) is 5.56 Å². The molecule has 0 fully saturated rings. The van der Waals surface area contributed by atoms with Crippen LogP contribution in [-0.2, 0) is 9.53 Å². The van der Waals surface area contributed by atoms with E-state index in [4.69, 9.17) is 17.0 Å². The summed E-state index contributed by atoms with van der Waals surface area (Å²) in [7, 11) is 0. The second-order valence-corrected chi connectivity index (χ2v) is 3.89. The molecule has 0 radical (unpaired) electrons. The number of thiocarbonyl (C=S) groups is 1. The fourth-order valence-electron chi connectivity index (χ4n) is 1.18. The lowest BCUT2D eigenvalue weighted by molar-refractivity contribution is -0.141. The summed E-state index contributed by atoms with van der Waals surface area (Å²) in [6, 6.07) is 7.81. The molecule has 17 heavy (non-hydrogen) atoms. The topological polar surface area (TPSA) is 50.4 Å². The van der Waals surface area contributed by atoms with Gasteiger partial charge in [0.05, 0.1) is 6.61 Å². The molecule has 4 nitrogen and oxygen atoms in total. The van der Waals surface area contributed by atoms with Gasteiger partial charge in [-0.15, -0.1) is 0 Å². The van der Waals surface area contributed by atoms with Gasteiger partial charge in [0.2, 0.25) is 0 Å². The van der Waals surface area contributed by atoms with E-state index >= 15 is 0 Å². The lowest BCUT2D eigenvalue weighted by Gasteiger charge is -2.10. The lowest BCUT2D eigenvalue weighted by atomic mass is 10.2. The first-order chi connectivity index (χ1) is 8.11. The molecule has 5 heteroatoms. The van der Waals surface area contributed by atoms with Crippen LogP contribution in [0.25, 0.3) is 0 Å². The summed E-state index contributed by atoms with van der Waals surface area (Å²) in [6.07, 6.45) is 0.